The number of nitrogens with one attached hydrogen (secondary N) is 1. The highest BCUT2D eigenvalue weighted by atomic mass is 32.2. The molecule has 0 bridgehead atoms. The van der Waals surface area contributed by atoms with Gasteiger partial charge < -0.3 is 5.73 Å². The molecule has 1 aromatic carbocycles. The Morgan fingerprint density at radius 2 is 1.86 bits per heavy atom. The van der Waals surface area contributed by atoms with Crippen LogP contribution in [0, 0.1) is 5.41 Å². The first kappa shape index (κ1) is 16.5. The van der Waals surface area contributed by atoms with Crippen molar-refractivity contribution in [3.8, 4) is 0 Å². The Labute approximate surface area is 128 Å². The molecule has 1 aliphatic carbocycles. The van der Waals surface area contributed by atoms with E-state index < -0.39 is 10.0 Å². The molecular weight excluding hydrogens is 284 g/mol. The highest BCUT2D eigenvalue weighted by Gasteiger charge is 2.33. The molecule has 1 atom stereocenters. The van der Waals surface area contributed by atoms with Crippen LogP contribution in [0.5, 0.6) is 0 Å². The van der Waals surface area contributed by atoms with Gasteiger partial charge in [-0.2, -0.15) is 0 Å². The van der Waals surface area contributed by atoms with Crippen LogP contribution in [0.1, 0.15) is 44.1 Å². The molecule has 1 fully saturated rings. The third-order valence-electron chi connectivity index (χ3n) is 4.60. The molecule has 3 N–H and O–H groups in total. The zero-order valence-electron chi connectivity index (χ0n) is 12.7. The Hall–Kier alpha value is -0.910. The SMILES string of the molecule is CC(CS(=O)(=O)NCC1(CN)CCCC1)c1ccccc1. The van der Waals surface area contributed by atoms with Gasteiger partial charge in [0.25, 0.3) is 0 Å². The van der Waals surface area contributed by atoms with Crippen LogP contribution in [-0.4, -0.2) is 27.3 Å². The van der Waals surface area contributed by atoms with Gasteiger partial charge in [0.1, 0.15) is 0 Å². The summed E-state index contributed by atoms with van der Waals surface area (Å²) in [5.74, 6) is 0.110. The molecule has 21 heavy (non-hydrogen) atoms. The third kappa shape index (κ3) is 4.53. The molecule has 0 aliphatic heterocycles. The Balaban J connectivity index is 1.93. The first-order chi connectivity index (χ1) is 9.96. The quantitative estimate of drug-likeness (QED) is 0.811. The zero-order chi connectivity index (χ0) is 15.3. The van der Waals surface area contributed by atoms with Crippen LogP contribution >= 0.6 is 0 Å². The third-order valence-corrected chi connectivity index (χ3v) is 6.13. The topological polar surface area (TPSA) is 72.2 Å². The molecule has 1 saturated carbocycles. The van der Waals surface area contributed by atoms with E-state index in [0.29, 0.717) is 13.1 Å². The van der Waals surface area contributed by atoms with Crippen molar-refractivity contribution >= 4 is 10.0 Å². The maximum absolute atomic E-state index is 12.3. The monoisotopic (exact) mass is 310 g/mol. The van der Waals surface area contributed by atoms with E-state index in [1.165, 1.54) is 0 Å². The van der Waals surface area contributed by atoms with Gasteiger partial charge in [-0.1, -0.05) is 50.1 Å². The van der Waals surface area contributed by atoms with E-state index in [9.17, 15) is 8.42 Å². The summed E-state index contributed by atoms with van der Waals surface area (Å²) in [4.78, 5) is 0. The fourth-order valence-electron chi connectivity index (χ4n) is 3.11. The van der Waals surface area contributed by atoms with E-state index in [1.807, 2.05) is 37.3 Å². The number of sulfonamides is 1. The number of hydrogen-bond acceptors (Lipinski definition) is 3. The summed E-state index contributed by atoms with van der Waals surface area (Å²) in [6.45, 7) is 2.99. The lowest BCUT2D eigenvalue weighted by molar-refractivity contribution is 0.309. The van der Waals surface area contributed by atoms with Crippen LogP contribution in [0.25, 0.3) is 0 Å². The summed E-state index contributed by atoms with van der Waals surface area (Å²) in [6.07, 6.45) is 4.36. The molecule has 1 aliphatic rings. The highest BCUT2D eigenvalue weighted by molar-refractivity contribution is 7.89. The van der Waals surface area contributed by atoms with E-state index >= 15 is 0 Å². The van der Waals surface area contributed by atoms with Gasteiger partial charge >= 0.3 is 0 Å². The fourth-order valence-corrected chi connectivity index (χ4v) is 4.60. The van der Waals surface area contributed by atoms with Gasteiger partial charge in [-0.05, 0) is 36.3 Å². The van der Waals surface area contributed by atoms with E-state index in [1.54, 1.807) is 0 Å². The van der Waals surface area contributed by atoms with Crippen LogP contribution in [-0.2, 0) is 10.0 Å². The molecule has 1 aromatic rings. The lowest BCUT2D eigenvalue weighted by atomic mass is 9.87. The molecule has 0 radical (unpaired) electrons. The van der Waals surface area contributed by atoms with Crippen molar-refractivity contribution in [2.24, 2.45) is 11.1 Å². The van der Waals surface area contributed by atoms with Crippen molar-refractivity contribution in [1.82, 2.24) is 4.72 Å². The van der Waals surface area contributed by atoms with Crippen LogP contribution in [0.2, 0.25) is 0 Å². The largest absolute Gasteiger partial charge is 0.330 e. The molecule has 118 valence electrons. The molecule has 5 heteroatoms. The standard InChI is InChI=1S/C16H26N2O2S/c1-14(15-7-3-2-4-8-15)11-21(19,20)18-13-16(12-17)9-5-6-10-16/h2-4,7-8,14,18H,5-6,9-13,17H2,1H3. The van der Waals surface area contributed by atoms with Crippen molar-refractivity contribution in [3.63, 3.8) is 0 Å². The Kier molecular flexibility index (Phi) is 5.41. The first-order valence-corrected chi connectivity index (χ1v) is 9.34. The lowest BCUT2D eigenvalue weighted by Gasteiger charge is -2.27. The second kappa shape index (κ2) is 6.90. The lowest BCUT2D eigenvalue weighted by Crippen LogP contribution is -2.41. The summed E-state index contributed by atoms with van der Waals surface area (Å²) in [7, 11) is -3.27. The second-order valence-electron chi connectivity index (χ2n) is 6.33. The summed E-state index contributed by atoms with van der Waals surface area (Å²) in [5.41, 5.74) is 6.88. The molecule has 0 aromatic heterocycles. The van der Waals surface area contributed by atoms with Crippen molar-refractivity contribution in [2.75, 3.05) is 18.8 Å². The Morgan fingerprint density at radius 3 is 2.43 bits per heavy atom. The molecule has 0 amide bonds. The van der Waals surface area contributed by atoms with Gasteiger partial charge in [-0.3, -0.25) is 0 Å². The molecule has 1 unspecified atom stereocenters. The van der Waals surface area contributed by atoms with E-state index in [-0.39, 0.29) is 17.1 Å². The van der Waals surface area contributed by atoms with Crippen molar-refractivity contribution in [2.45, 2.75) is 38.5 Å². The minimum Gasteiger partial charge on any atom is -0.330 e. The van der Waals surface area contributed by atoms with Crippen molar-refractivity contribution in [1.29, 1.82) is 0 Å². The fraction of sp³-hybridized carbons (Fsp3) is 0.625. The predicted molar refractivity (Wildman–Crippen MR) is 86.6 cm³/mol. The van der Waals surface area contributed by atoms with E-state index in [4.69, 9.17) is 5.73 Å². The van der Waals surface area contributed by atoms with Crippen LogP contribution in [0.4, 0.5) is 0 Å². The van der Waals surface area contributed by atoms with Gasteiger partial charge in [0, 0.05) is 6.54 Å². The maximum Gasteiger partial charge on any atom is 0.212 e. The number of nitrogens with two attached hydrogens (primary N) is 1. The minimum atomic E-state index is -3.27. The van der Waals surface area contributed by atoms with Crippen molar-refractivity contribution in [3.05, 3.63) is 35.9 Å². The molecule has 0 saturated heterocycles. The number of rotatable bonds is 7. The van der Waals surface area contributed by atoms with Crippen LogP contribution in [0.15, 0.2) is 30.3 Å². The van der Waals surface area contributed by atoms with Gasteiger partial charge in [-0.15, -0.1) is 0 Å². The predicted octanol–water partition coefficient (Wildman–Crippen LogP) is 2.23. The van der Waals surface area contributed by atoms with Crippen LogP contribution < -0.4 is 10.5 Å². The summed E-state index contributed by atoms with van der Waals surface area (Å²) < 4.78 is 27.3. The van der Waals surface area contributed by atoms with Gasteiger partial charge in [-0.25, -0.2) is 13.1 Å². The van der Waals surface area contributed by atoms with Gasteiger partial charge in [0.2, 0.25) is 10.0 Å². The summed E-state index contributed by atoms with van der Waals surface area (Å²) >= 11 is 0. The van der Waals surface area contributed by atoms with Gasteiger partial charge in [0.15, 0.2) is 0 Å². The molecule has 2 rings (SSSR count). The van der Waals surface area contributed by atoms with E-state index in [0.717, 1.165) is 31.2 Å². The zero-order valence-corrected chi connectivity index (χ0v) is 13.5. The first-order valence-electron chi connectivity index (χ1n) is 7.69. The van der Waals surface area contributed by atoms with Crippen molar-refractivity contribution < 1.29 is 8.42 Å². The minimum absolute atomic E-state index is 0.0129. The second-order valence-corrected chi connectivity index (χ2v) is 8.18. The summed E-state index contributed by atoms with van der Waals surface area (Å²) in [5, 5.41) is 0. The van der Waals surface area contributed by atoms with Gasteiger partial charge in [0.05, 0.1) is 5.75 Å². The Bertz CT molecular complexity index is 537. The molecular formula is C16H26N2O2S. The Morgan fingerprint density at radius 1 is 1.24 bits per heavy atom. The highest BCUT2D eigenvalue weighted by Crippen LogP contribution is 2.36. The van der Waals surface area contributed by atoms with Crippen LogP contribution in [0.3, 0.4) is 0 Å². The van der Waals surface area contributed by atoms with E-state index in [2.05, 4.69) is 4.72 Å². The number of hydrogen-bond donors (Lipinski definition) is 2. The average Bonchev–Trinajstić information content (AvgIpc) is 2.95. The average molecular weight is 310 g/mol. The smallest absolute Gasteiger partial charge is 0.212 e. The molecule has 0 heterocycles. The normalized spacial score (nSPS) is 19.5. The molecule has 4 nitrogen and oxygen atoms in total. The maximum atomic E-state index is 12.3. The number of benzene rings is 1. The molecule has 0 spiro atoms. The summed E-state index contributed by atoms with van der Waals surface area (Å²) in [6, 6.07) is 9.76.